The summed E-state index contributed by atoms with van der Waals surface area (Å²) in [6, 6.07) is 9.96. The van der Waals surface area contributed by atoms with Crippen molar-refractivity contribution in [1.29, 1.82) is 0 Å². The van der Waals surface area contributed by atoms with Crippen molar-refractivity contribution in [2.75, 3.05) is 5.32 Å². The molecule has 0 bridgehead atoms. The number of nitrogens with zero attached hydrogens (tertiary/aromatic N) is 3. The second kappa shape index (κ2) is 6.35. The van der Waals surface area contributed by atoms with Crippen LogP contribution in [0.2, 0.25) is 0 Å². The summed E-state index contributed by atoms with van der Waals surface area (Å²) < 4.78 is 27.7. The summed E-state index contributed by atoms with van der Waals surface area (Å²) in [6.45, 7) is 0. The number of pyridine rings is 1. The van der Waals surface area contributed by atoms with Gasteiger partial charge in [0.2, 0.25) is 5.91 Å². The number of hydrogen-bond acceptors (Lipinski definition) is 3. The highest BCUT2D eigenvalue weighted by Gasteiger charge is 2.10. The van der Waals surface area contributed by atoms with Crippen LogP contribution in [-0.2, 0) is 11.2 Å². The van der Waals surface area contributed by atoms with Crippen LogP contribution in [-0.4, -0.2) is 20.7 Å². The van der Waals surface area contributed by atoms with Crippen LogP contribution >= 0.6 is 0 Å². The van der Waals surface area contributed by atoms with Crippen molar-refractivity contribution >= 4 is 11.7 Å². The highest BCUT2D eigenvalue weighted by Crippen LogP contribution is 2.12. The van der Waals surface area contributed by atoms with E-state index < -0.39 is 5.82 Å². The first kappa shape index (κ1) is 14.8. The minimum atomic E-state index is -0.514. The first-order valence-electron chi connectivity index (χ1n) is 6.83. The minimum absolute atomic E-state index is 0.0477. The zero-order valence-electron chi connectivity index (χ0n) is 11.9. The summed E-state index contributed by atoms with van der Waals surface area (Å²) in [7, 11) is 0. The predicted molar refractivity (Wildman–Crippen MR) is 80.1 cm³/mol. The Balaban J connectivity index is 1.68. The smallest absolute Gasteiger partial charge is 0.229 e. The summed E-state index contributed by atoms with van der Waals surface area (Å²) in [6.07, 6.45) is 3.04. The predicted octanol–water partition coefficient (Wildman–Crippen LogP) is 2.73. The normalized spacial score (nSPS) is 10.5. The lowest BCUT2D eigenvalue weighted by molar-refractivity contribution is -0.115. The first-order chi connectivity index (χ1) is 11.1. The van der Waals surface area contributed by atoms with E-state index in [4.69, 9.17) is 0 Å². The highest BCUT2D eigenvalue weighted by atomic mass is 19.1. The van der Waals surface area contributed by atoms with Gasteiger partial charge in [-0.1, -0.05) is 12.1 Å². The number of nitrogens with one attached hydrogen (secondary N) is 1. The molecule has 5 nitrogen and oxygen atoms in total. The number of rotatable bonds is 4. The molecule has 7 heteroatoms. The lowest BCUT2D eigenvalue weighted by atomic mass is 10.1. The topological polar surface area (TPSA) is 59.8 Å². The van der Waals surface area contributed by atoms with Gasteiger partial charge < -0.3 is 5.32 Å². The van der Waals surface area contributed by atoms with Gasteiger partial charge in [0, 0.05) is 18.5 Å². The van der Waals surface area contributed by atoms with E-state index in [-0.39, 0.29) is 29.8 Å². The standard InChI is InChI=1S/C16H12F2N4O/c17-12-5-3-11(4-6-12)10-15(23)20-14-7-9-22(21-14)16-13(18)2-1-8-19-16/h1-9H,10H2,(H,20,21,23). The van der Waals surface area contributed by atoms with Crippen LogP contribution in [0, 0.1) is 11.6 Å². The van der Waals surface area contributed by atoms with E-state index in [0.717, 1.165) is 0 Å². The molecule has 0 aliphatic heterocycles. The zero-order valence-corrected chi connectivity index (χ0v) is 11.9. The average molecular weight is 314 g/mol. The molecule has 0 saturated heterocycles. The van der Waals surface area contributed by atoms with E-state index in [1.807, 2.05) is 0 Å². The Kier molecular flexibility index (Phi) is 4.09. The van der Waals surface area contributed by atoms with Gasteiger partial charge in [0.1, 0.15) is 5.82 Å². The van der Waals surface area contributed by atoms with Crippen LogP contribution in [0.4, 0.5) is 14.6 Å². The van der Waals surface area contributed by atoms with Crippen LogP contribution in [0.15, 0.2) is 54.9 Å². The van der Waals surface area contributed by atoms with Crippen molar-refractivity contribution < 1.29 is 13.6 Å². The van der Waals surface area contributed by atoms with E-state index in [9.17, 15) is 13.6 Å². The lowest BCUT2D eigenvalue weighted by Crippen LogP contribution is -2.15. The number of carbonyl (C=O) groups excluding carboxylic acids is 1. The number of carbonyl (C=O) groups is 1. The van der Waals surface area contributed by atoms with Gasteiger partial charge in [-0.25, -0.2) is 18.4 Å². The largest absolute Gasteiger partial charge is 0.309 e. The fraction of sp³-hybridized carbons (Fsp3) is 0.0625. The van der Waals surface area contributed by atoms with E-state index in [0.29, 0.717) is 5.56 Å². The van der Waals surface area contributed by atoms with E-state index in [2.05, 4.69) is 15.4 Å². The summed E-state index contributed by atoms with van der Waals surface area (Å²) in [5, 5.41) is 6.66. The Bertz CT molecular complexity index is 830. The average Bonchev–Trinajstić information content (AvgIpc) is 2.98. The molecule has 3 rings (SSSR count). The van der Waals surface area contributed by atoms with E-state index in [1.165, 1.54) is 59.5 Å². The van der Waals surface area contributed by atoms with Gasteiger partial charge in [-0.2, -0.15) is 0 Å². The van der Waals surface area contributed by atoms with Gasteiger partial charge in [-0.05, 0) is 29.8 Å². The fourth-order valence-electron chi connectivity index (χ4n) is 2.03. The van der Waals surface area contributed by atoms with Gasteiger partial charge in [0.25, 0.3) is 0 Å². The minimum Gasteiger partial charge on any atom is -0.309 e. The summed E-state index contributed by atoms with van der Waals surface area (Å²) in [5.74, 6) is -0.845. The molecule has 2 aromatic heterocycles. The second-order valence-electron chi connectivity index (χ2n) is 4.81. The van der Waals surface area contributed by atoms with Crippen molar-refractivity contribution in [3.8, 4) is 5.82 Å². The molecule has 0 aliphatic carbocycles. The molecular formula is C16H12F2N4O. The molecule has 0 unspecified atom stereocenters. The monoisotopic (exact) mass is 314 g/mol. The Labute approximate surface area is 130 Å². The molecule has 3 aromatic rings. The van der Waals surface area contributed by atoms with Gasteiger partial charge >= 0.3 is 0 Å². The molecule has 0 spiro atoms. The molecule has 0 fully saturated rings. The number of aromatic nitrogens is 3. The third-order valence-corrected chi connectivity index (χ3v) is 3.09. The molecule has 1 amide bonds. The lowest BCUT2D eigenvalue weighted by Gasteiger charge is -2.03. The molecule has 1 N–H and O–H groups in total. The number of amides is 1. The van der Waals surface area contributed by atoms with Crippen molar-refractivity contribution in [1.82, 2.24) is 14.8 Å². The van der Waals surface area contributed by atoms with Crippen LogP contribution < -0.4 is 5.32 Å². The fourth-order valence-corrected chi connectivity index (χ4v) is 2.03. The van der Waals surface area contributed by atoms with Crippen molar-refractivity contribution in [2.24, 2.45) is 0 Å². The summed E-state index contributed by atoms with van der Waals surface area (Å²) in [4.78, 5) is 15.8. The number of halogens is 2. The van der Waals surface area contributed by atoms with Crippen LogP contribution in [0.25, 0.3) is 5.82 Å². The maximum atomic E-state index is 13.6. The third kappa shape index (κ3) is 3.57. The Morgan fingerprint density at radius 2 is 1.91 bits per heavy atom. The van der Waals surface area contributed by atoms with Gasteiger partial charge in [-0.3, -0.25) is 4.79 Å². The van der Waals surface area contributed by atoms with E-state index in [1.54, 1.807) is 0 Å². The van der Waals surface area contributed by atoms with E-state index >= 15 is 0 Å². The molecule has 0 atom stereocenters. The second-order valence-corrected chi connectivity index (χ2v) is 4.81. The van der Waals surface area contributed by atoms with Gasteiger partial charge in [0.15, 0.2) is 17.5 Å². The molecule has 0 aliphatic rings. The van der Waals surface area contributed by atoms with Crippen molar-refractivity contribution in [2.45, 2.75) is 6.42 Å². The number of benzene rings is 1. The Morgan fingerprint density at radius 1 is 1.13 bits per heavy atom. The molecule has 23 heavy (non-hydrogen) atoms. The summed E-state index contributed by atoms with van der Waals surface area (Å²) >= 11 is 0. The highest BCUT2D eigenvalue weighted by molar-refractivity contribution is 5.91. The van der Waals surface area contributed by atoms with Crippen LogP contribution in [0.5, 0.6) is 0 Å². The molecular weight excluding hydrogens is 302 g/mol. The maximum absolute atomic E-state index is 13.6. The maximum Gasteiger partial charge on any atom is 0.229 e. The van der Waals surface area contributed by atoms with Gasteiger partial charge in [-0.15, -0.1) is 5.10 Å². The Hall–Kier alpha value is -3.09. The third-order valence-electron chi connectivity index (χ3n) is 3.09. The molecule has 116 valence electrons. The van der Waals surface area contributed by atoms with Crippen molar-refractivity contribution in [3.63, 3.8) is 0 Å². The zero-order chi connectivity index (χ0) is 16.2. The SMILES string of the molecule is O=C(Cc1ccc(F)cc1)Nc1ccn(-c2ncccc2F)n1. The Morgan fingerprint density at radius 3 is 2.65 bits per heavy atom. The first-order valence-corrected chi connectivity index (χ1v) is 6.83. The van der Waals surface area contributed by atoms with Crippen molar-refractivity contribution in [3.05, 3.63) is 72.1 Å². The number of hydrogen-bond donors (Lipinski definition) is 1. The van der Waals surface area contributed by atoms with Crippen LogP contribution in [0.3, 0.4) is 0 Å². The molecule has 0 saturated carbocycles. The number of anilines is 1. The molecule has 1 aromatic carbocycles. The molecule has 0 radical (unpaired) electrons. The summed E-state index contributed by atoms with van der Waals surface area (Å²) in [5.41, 5.74) is 0.680. The van der Waals surface area contributed by atoms with Gasteiger partial charge in [0.05, 0.1) is 6.42 Å². The quantitative estimate of drug-likeness (QED) is 0.805. The molecule has 2 heterocycles. The van der Waals surface area contributed by atoms with Crippen LogP contribution in [0.1, 0.15) is 5.56 Å².